The average Bonchev–Trinajstić information content (AvgIpc) is 2.70. The Balaban J connectivity index is 1.97. The zero-order chi connectivity index (χ0) is 19.7. The minimum atomic E-state index is -0.373. The van der Waals surface area contributed by atoms with Crippen LogP contribution in [0.25, 0.3) is 16.6 Å². The highest BCUT2D eigenvalue weighted by atomic mass is 16.3. The van der Waals surface area contributed by atoms with Crippen LogP contribution in [0.4, 0.5) is 5.69 Å². The molecule has 0 bridgehead atoms. The second-order valence-corrected chi connectivity index (χ2v) is 6.36. The van der Waals surface area contributed by atoms with Crippen molar-refractivity contribution < 1.29 is 10.2 Å². The molecule has 4 rings (SSSR count). The number of aromatic nitrogens is 2. The van der Waals surface area contributed by atoms with E-state index in [1.165, 1.54) is 6.21 Å². The fourth-order valence-electron chi connectivity index (χ4n) is 3.06. The SMILES string of the molecule is Cc1ccc(N=Cc2c(O)n(-c3ccccn3)c(=O)c3ccccc23)c(O)c1. The number of phenols is 1. The average molecular weight is 371 g/mol. The van der Waals surface area contributed by atoms with Gasteiger partial charge in [0, 0.05) is 23.2 Å². The summed E-state index contributed by atoms with van der Waals surface area (Å²) in [6.07, 6.45) is 3.00. The van der Waals surface area contributed by atoms with Crippen molar-refractivity contribution in [2.75, 3.05) is 0 Å². The van der Waals surface area contributed by atoms with Crippen LogP contribution in [-0.4, -0.2) is 26.0 Å². The van der Waals surface area contributed by atoms with E-state index in [0.717, 1.165) is 10.1 Å². The summed E-state index contributed by atoms with van der Waals surface area (Å²) in [4.78, 5) is 21.4. The van der Waals surface area contributed by atoms with Crippen molar-refractivity contribution in [3.8, 4) is 17.4 Å². The monoisotopic (exact) mass is 371 g/mol. The Hall–Kier alpha value is -3.93. The summed E-state index contributed by atoms with van der Waals surface area (Å²) in [6, 6.07) is 17.2. The summed E-state index contributed by atoms with van der Waals surface area (Å²) in [6.45, 7) is 1.87. The first-order valence-corrected chi connectivity index (χ1v) is 8.68. The molecule has 0 fully saturated rings. The number of aryl methyl sites for hydroxylation is 1. The first-order valence-electron chi connectivity index (χ1n) is 8.68. The van der Waals surface area contributed by atoms with Crippen molar-refractivity contribution in [3.63, 3.8) is 0 Å². The van der Waals surface area contributed by atoms with E-state index in [4.69, 9.17) is 0 Å². The van der Waals surface area contributed by atoms with E-state index in [9.17, 15) is 15.0 Å². The van der Waals surface area contributed by atoms with Gasteiger partial charge in [0.2, 0.25) is 5.88 Å². The van der Waals surface area contributed by atoms with Gasteiger partial charge in [-0.25, -0.2) is 9.55 Å². The van der Waals surface area contributed by atoms with Gasteiger partial charge in [-0.1, -0.05) is 30.3 Å². The molecule has 2 aromatic carbocycles. The minimum absolute atomic E-state index is 0.0399. The molecular weight excluding hydrogens is 354 g/mol. The normalized spacial score (nSPS) is 11.3. The summed E-state index contributed by atoms with van der Waals surface area (Å²) in [5.41, 5.74) is 1.26. The maximum Gasteiger partial charge on any atom is 0.267 e. The number of nitrogens with zero attached hydrogens (tertiary/aromatic N) is 3. The van der Waals surface area contributed by atoms with E-state index < -0.39 is 0 Å². The summed E-state index contributed by atoms with van der Waals surface area (Å²) in [5.74, 6) is 0.0828. The topological polar surface area (TPSA) is 87.7 Å². The molecule has 0 aliphatic rings. The van der Waals surface area contributed by atoms with Crippen LogP contribution in [-0.2, 0) is 0 Å². The number of fused-ring (bicyclic) bond motifs is 1. The molecule has 2 N–H and O–H groups in total. The van der Waals surface area contributed by atoms with Crippen LogP contribution in [0.1, 0.15) is 11.1 Å². The highest BCUT2D eigenvalue weighted by molar-refractivity contribution is 6.02. The third kappa shape index (κ3) is 3.01. The minimum Gasteiger partial charge on any atom is -0.506 e. The van der Waals surface area contributed by atoms with Crippen molar-refractivity contribution in [1.82, 2.24) is 9.55 Å². The molecule has 4 aromatic rings. The predicted molar refractivity (Wildman–Crippen MR) is 109 cm³/mol. The molecule has 0 amide bonds. The van der Waals surface area contributed by atoms with Gasteiger partial charge < -0.3 is 10.2 Å². The molecule has 6 nitrogen and oxygen atoms in total. The van der Waals surface area contributed by atoms with Gasteiger partial charge in [-0.15, -0.1) is 0 Å². The number of phenolic OH excluding ortho intramolecular Hbond substituents is 1. The molecule has 0 atom stereocenters. The number of benzene rings is 2. The van der Waals surface area contributed by atoms with Crippen LogP contribution in [0.15, 0.2) is 76.6 Å². The molecule has 0 radical (unpaired) electrons. The van der Waals surface area contributed by atoms with Crippen LogP contribution in [0.2, 0.25) is 0 Å². The third-order valence-corrected chi connectivity index (χ3v) is 4.45. The van der Waals surface area contributed by atoms with E-state index >= 15 is 0 Å². The van der Waals surface area contributed by atoms with Crippen LogP contribution in [0, 0.1) is 6.92 Å². The van der Waals surface area contributed by atoms with E-state index in [2.05, 4.69) is 9.98 Å². The lowest BCUT2D eigenvalue weighted by molar-refractivity contribution is 0.435. The van der Waals surface area contributed by atoms with Crippen molar-refractivity contribution in [2.24, 2.45) is 4.99 Å². The number of aliphatic imine (C=N–C) groups is 1. The van der Waals surface area contributed by atoms with Gasteiger partial charge in [0.05, 0.1) is 5.56 Å². The lowest BCUT2D eigenvalue weighted by atomic mass is 10.1. The Labute approximate surface area is 160 Å². The van der Waals surface area contributed by atoms with Gasteiger partial charge in [-0.2, -0.15) is 0 Å². The van der Waals surface area contributed by atoms with Gasteiger partial charge in [0.1, 0.15) is 17.3 Å². The zero-order valence-corrected chi connectivity index (χ0v) is 15.1. The van der Waals surface area contributed by atoms with Crippen LogP contribution in [0.3, 0.4) is 0 Å². The third-order valence-electron chi connectivity index (χ3n) is 4.45. The molecule has 0 saturated heterocycles. The van der Waals surface area contributed by atoms with Gasteiger partial charge in [0.25, 0.3) is 5.56 Å². The molecule has 2 heterocycles. The first kappa shape index (κ1) is 17.5. The molecule has 6 heteroatoms. The fraction of sp³-hybridized carbons (Fsp3) is 0.0455. The number of pyridine rings is 2. The standard InChI is InChI=1S/C22H17N3O3/c1-14-9-10-18(19(26)12-14)24-13-17-15-6-2-3-7-16(15)21(27)25(22(17)28)20-8-4-5-11-23-20/h2-13,26,28H,1H3. The van der Waals surface area contributed by atoms with Crippen LogP contribution in [0.5, 0.6) is 11.6 Å². The number of aromatic hydroxyl groups is 2. The maximum atomic E-state index is 12.9. The number of hydrogen-bond acceptors (Lipinski definition) is 5. The van der Waals surface area contributed by atoms with Crippen molar-refractivity contribution in [2.45, 2.75) is 6.92 Å². The summed E-state index contributed by atoms with van der Waals surface area (Å²) >= 11 is 0. The number of hydrogen-bond donors (Lipinski definition) is 2. The zero-order valence-electron chi connectivity index (χ0n) is 15.1. The van der Waals surface area contributed by atoms with Crippen molar-refractivity contribution >= 4 is 22.7 Å². The molecule has 0 spiro atoms. The highest BCUT2D eigenvalue weighted by Gasteiger charge is 2.16. The van der Waals surface area contributed by atoms with Gasteiger partial charge in [-0.05, 0) is 42.8 Å². The molecule has 28 heavy (non-hydrogen) atoms. The van der Waals surface area contributed by atoms with E-state index in [1.807, 2.05) is 13.0 Å². The van der Waals surface area contributed by atoms with Gasteiger partial charge in [-0.3, -0.25) is 9.79 Å². The molecule has 138 valence electrons. The molecular formula is C22H17N3O3. The van der Waals surface area contributed by atoms with Crippen LogP contribution < -0.4 is 5.56 Å². The van der Waals surface area contributed by atoms with Crippen LogP contribution >= 0.6 is 0 Å². The van der Waals surface area contributed by atoms with Crippen molar-refractivity contribution in [1.29, 1.82) is 0 Å². The second kappa shape index (κ2) is 7.00. The predicted octanol–water partition coefficient (Wildman–Crippen LogP) is 3.86. The van der Waals surface area contributed by atoms with Gasteiger partial charge >= 0.3 is 0 Å². The van der Waals surface area contributed by atoms with E-state index in [-0.39, 0.29) is 17.2 Å². The molecule has 0 saturated carbocycles. The molecule has 2 aromatic heterocycles. The molecule has 0 aliphatic carbocycles. The van der Waals surface area contributed by atoms with E-state index in [1.54, 1.807) is 60.8 Å². The first-order chi connectivity index (χ1) is 13.6. The number of rotatable bonds is 3. The maximum absolute atomic E-state index is 12.9. The Morgan fingerprint density at radius 2 is 1.75 bits per heavy atom. The van der Waals surface area contributed by atoms with Gasteiger partial charge in [0.15, 0.2) is 0 Å². The summed E-state index contributed by atoms with van der Waals surface area (Å²) < 4.78 is 1.15. The summed E-state index contributed by atoms with van der Waals surface area (Å²) in [7, 11) is 0. The quantitative estimate of drug-likeness (QED) is 0.535. The summed E-state index contributed by atoms with van der Waals surface area (Å²) in [5, 5.41) is 22.0. The largest absolute Gasteiger partial charge is 0.506 e. The molecule has 0 unspecified atom stereocenters. The Kier molecular flexibility index (Phi) is 4.37. The fourth-order valence-corrected chi connectivity index (χ4v) is 3.06. The van der Waals surface area contributed by atoms with E-state index in [0.29, 0.717) is 27.8 Å². The second-order valence-electron chi connectivity index (χ2n) is 6.36. The Bertz CT molecular complexity index is 1260. The lowest BCUT2D eigenvalue weighted by Crippen LogP contribution is -2.20. The molecule has 0 aliphatic heterocycles. The lowest BCUT2D eigenvalue weighted by Gasteiger charge is -2.12. The van der Waals surface area contributed by atoms with Crippen molar-refractivity contribution in [3.05, 3.63) is 88.3 Å². The highest BCUT2D eigenvalue weighted by Crippen LogP contribution is 2.29. The Morgan fingerprint density at radius 1 is 1.00 bits per heavy atom. The Morgan fingerprint density at radius 3 is 2.46 bits per heavy atom. The smallest absolute Gasteiger partial charge is 0.267 e.